The van der Waals surface area contributed by atoms with Gasteiger partial charge >= 0.3 is 5.97 Å². The van der Waals surface area contributed by atoms with E-state index >= 15 is 0 Å². The Kier molecular flexibility index (Phi) is 3.95. The monoisotopic (exact) mass is 293 g/mol. The zero-order chi connectivity index (χ0) is 14.9. The lowest BCUT2D eigenvalue weighted by atomic mass is 9.95. The van der Waals surface area contributed by atoms with Crippen LogP contribution in [0.1, 0.15) is 38.4 Å². The normalized spacial score (nSPS) is 21.8. The molecule has 21 heavy (non-hydrogen) atoms. The first-order chi connectivity index (χ1) is 10.1. The first-order valence-corrected chi connectivity index (χ1v) is 7.67. The summed E-state index contributed by atoms with van der Waals surface area (Å²) in [6.45, 7) is 5.41. The van der Waals surface area contributed by atoms with E-state index in [-0.39, 0.29) is 0 Å². The molecule has 1 unspecified atom stereocenters. The van der Waals surface area contributed by atoms with E-state index in [1.54, 1.807) is 13.3 Å². The summed E-state index contributed by atoms with van der Waals surface area (Å²) in [5.41, 5.74) is -0.795. The van der Waals surface area contributed by atoms with Crippen LogP contribution in [-0.2, 0) is 17.9 Å². The Balaban J connectivity index is 1.47. The second-order valence-electron chi connectivity index (χ2n) is 6.38. The molecule has 1 atom stereocenters. The summed E-state index contributed by atoms with van der Waals surface area (Å²) in [6, 6.07) is 0.402. The Morgan fingerprint density at radius 1 is 1.52 bits per heavy atom. The molecule has 1 aliphatic heterocycles. The zero-order valence-corrected chi connectivity index (χ0v) is 12.5. The predicted octanol–water partition coefficient (Wildman–Crippen LogP) is 0.469. The number of carbonyl (C=O) groups is 1. The second kappa shape index (κ2) is 5.73. The molecule has 0 amide bonds. The smallest absolute Gasteiger partial charge is 0.323 e. The van der Waals surface area contributed by atoms with Gasteiger partial charge in [0, 0.05) is 19.1 Å². The molecule has 0 spiro atoms. The van der Waals surface area contributed by atoms with Gasteiger partial charge in [0.2, 0.25) is 0 Å². The van der Waals surface area contributed by atoms with Crippen molar-refractivity contribution in [2.75, 3.05) is 13.1 Å². The van der Waals surface area contributed by atoms with Crippen molar-refractivity contribution in [2.24, 2.45) is 0 Å². The van der Waals surface area contributed by atoms with Crippen LogP contribution in [0.2, 0.25) is 0 Å². The maximum Gasteiger partial charge on any atom is 0.323 e. The van der Waals surface area contributed by atoms with Gasteiger partial charge in [0.1, 0.15) is 17.7 Å². The average Bonchev–Trinajstić information content (AvgIpc) is 3.13. The summed E-state index contributed by atoms with van der Waals surface area (Å²) in [5, 5.41) is 20.7. The Bertz CT molecular complexity index is 513. The van der Waals surface area contributed by atoms with Crippen LogP contribution in [0.4, 0.5) is 0 Å². The van der Waals surface area contributed by atoms with Crippen LogP contribution in [0.15, 0.2) is 6.33 Å². The molecule has 2 heterocycles. The van der Waals surface area contributed by atoms with Gasteiger partial charge in [-0.1, -0.05) is 0 Å². The molecule has 2 aliphatic rings. The third-order valence-corrected chi connectivity index (χ3v) is 4.44. The molecular weight excluding hydrogens is 270 g/mol. The molecule has 0 aromatic carbocycles. The number of nitrogens with zero attached hydrogens (tertiary/aromatic N) is 4. The fourth-order valence-corrected chi connectivity index (χ4v) is 2.88. The highest BCUT2D eigenvalue weighted by molar-refractivity contribution is 5.78. The van der Waals surface area contributed by atoms with E-state index in [9.17, 15) is 9.90 Å². The number of nitrogens with one attached hydrogen (secondary N) is 1. The highest BCUT2D eigenvalue weighted by Gasteiger charge is 2.38. The van der Waals surface area contributed by atoms with Gasteiger partial charge in [-0.25, -0.2) is 0 Å². The van der Waals surface area contributed by atoms with Gasteiger partial charge in [0.25, 0.3) is 0 Å². The third kappa shape index (κ3) is 3.41. The van der Waals surface area contributed by atoms with Crippen molar-refractivity contribution in [3.05, 3.63) is 12.2 Å². The van der Waals surface area contributed by atoms with Crippen LogP contribution < -0.4 is 5.32 Å². The van der Waals surface area contributed by atoms with Gasteiger partial charge in [-0.2, -0.15) is 0 Å². The number of fused-ring (bicyclic) bond motifs is 1. The molecule has 1 saturated carbocycles. The molecule has 0 bridgehead atoms. The maximum absolute atomic E-state index is 11.5. The van der Waals surface area contributed by atoms with E-state index in [2.05, 4.69) is 25.0 Å². The van der Waals surface area contributed by atoms with E-state index < -0.39 is 11.5 Å². The van der Waals surface area contributed by atoms with Crippen molar-refractivity contribution in [1.82, 2.24) is 25.0 Å². The van der Waals surface area contributed by atoms with Crippen molar-refractivity contribution in [2.45, 2.75) is 57.3 Å². The molecular formula is C14H23N5O2. The van der Waals surface area contributed by atoms with E-state index in [0.29, 0.717) is 12.5 Å². The molecule has 7 heteroatoms. The number of carboxylic acid groups (broad SMARTS) is 1. The van der Waals surface area contributed by atoms with Crippen LogP contribution in [0.3, 0.4) is 0 Å². The third-order valence-electron chi connectivity index (χ3n) is 4.44. The minimum absolute atomic E-state index is 0.402. The Labute approximate surface area is 124 Å². The highest BCUT2D eigenvalue weighted by Crippen LogP contribution is 2.25. The number of carboxylic acids is 1. The molecule has 1 aliphatic carbocycles. The van der Waals surface area contributed by atoms with E-state index in [0.717, 1.165) is 51.3 Å². The number of hydrogen-bond acceptors (Lipinski definition) is 5. The van der Waals surface area contributed by atoms with Gasteiger partial charge in [-0.15, -0.1) is 10.2 Å². The number of aromatic nitrogens is 3. The Morgan fingerprint density at radius 2 is 2.33 bits per heavy atom. The molecule has 116 valence electrons. The molecule has 0 saturated heterocycles. The minimum Gasteiger partial charge on any atom is -0.480 e. The molecule has 7 nitrogen and oxygen atoms in total. The molecule has 1 aromatic rings. The lowest BCUT2D eigenvalue weighted by Crippen LogP contribution is -2.51. The lowest BCUT2D eigenvalue weighted by molar-refractivity contribution is -0.144. The van der Waals surface area contributed by atoms with Crippen molar-refractivity contribution in [1.29, 1.82) is 0 Å². The van der Waals surface area contributed by atoms with Crippen molar-refractivity contribution >= 4 is 5.97 Å². The Hall–Kier alpha value is -1.47. The van der Waals surface area contributed by atoms with Crippen molar-refractivity contribution in [3.63, 3.8) is 0 Å². The van der Waals surface area contributed by atoms with Gasteiger partial charge in [0.05, 0.1) is 6.54 Å². The molecule has 1 fully saturated rings. The second-order valence-corrected chi connectivity index (χ2v) is 6.38. The lowest BCUT2D eigenvalue weighted by Gasteiger charge is -2.30. The first kappa shape index (κ1) is 14.5. The number of aliphatic carboxylic acids is 1. The molecule has 2 N–H and O–H groups in total. The first-order valence-electron chi connectivity index (χ1n) is 7.67. The summed E-state index contributed by atoms with van der Waals surface area (Å²) in [7, 11) is 0. The maximum atomic E-state index is 11.5. The quantitative estimate of drug-likeness (QED) is 0.760. The topological polar surface area (TPSA) is 83.3 Å². The van der Waals surface area contributed by atoms with E-state index in [4.69, 9.17) is 0 Å². The van der Waals surface area contributed by atoms with Gasteiger partial charge < -0.3 is 9.67 Å². The summed E-state index contributed by atoms with van der Waals surface area (Å²) in [4.78, 5) is 13.8. The molecule has 1 aromatic heterocycles. The van der Waals surface area contributed by atoms with E-state index in [1.165, 1.54) is 0 Å². The fourth-order valence-electron chi connectivity index (χ4n) is 2.88. The summed E-state index contributed by atoms with van der Waals surface area (Å²) in [5.74, 6) is 0.256. The van der Waals surface area contributed by atoms with Crippen molar-refractivity contribution in [3.8, 4) is 0 Å². The number of hydrogen-bond donors (Lipinski definition) is 2. The average molecular weight is 293 g/mol. The minimum atomic E-state index is -0.795. The zero-order valence-electron chi connectivity index (χ0n) is 12.5. The van der Waals surface area contributed by atoms with Crippen LogP contribution in [-0.4, -0.2) is 55.4 Å². The summed E-state index contributed by atoms with van der Waals surface area (Å²) in [6.07, 6.45) is 5.50. The summed E-state index contributed by atoms with van der Waals surface area (Å²) >= 11 is 0. The Morgan fingerprint density at radius 3 is 3.05 bits per heavy atom. The highest BCUT2D eigenvalue weighted by atomic mass is 16.4. The van der Waals surface area contributed by atoms with Gasteiger partial charge in [-0.3, -0.25) is 15.0 Å². The summed E-state index contributed by atoms with van der Waals surface area (Å²) < 4.78 is 2.08. The van der Waals surface area contributed by atoms with E-state index in [1.807, 2.05) is 0 Å². The van der Waals surface area contributed by atoms with Crippen LogP contribution in [0, 0.1) is 0 Å². The van der Waals surface area contributed by atoms with Crippen molar-refractivity contribution < 1.29 is 9.90 Å². The van der Waals surface area contributed by atoms with Crippen LogP contribution >= 0.6 is 0 Å². The standard InChI is InChI=1S/C14H23N5O2/c1-14(13(20)21,16-11-3-4-11)5-2-6-18-7-8-19-10-15-17-12(19)9-18/h10-11,16H,2-9H2,1H3,(H,20,21). The SMILES string of the molecule is CC(CCCN1CCn2cnnc2C1)(NC1CC1)C(=O)O. The number of rotatable bonds is 7. The molecule has 3 rings (SSSR count). The van der Waals surface area contributed by atoms with Crippen LogP contribution in [0.5, 0.6) is 0 Å². The van der Waals surface area contributed by atoms with Gasteiger partial charge in [0.15, 0.2) is 0 Å². The molecule has 0 radical (unpaired) electrons. The predicted molar refractivity (Wildman–Crippen MR) is 76.7 cm³/mol. The largest absolute Gasteiger partial charge is 0.480 e. The van der Waals surface area contributed by atoms with Gasteiger partial charge in [-0.05, 0) is 39.2 Å². The van der Waals surface area contributed by atoms with Crippen LogP contribution in [0.25, 0.3) is 0 Å². The fraction of sp³-hybridized carbons (Fsp3) is 0.786.